The minimum atomic E-state index is -0.593. The molecule has 7 heteroatoms. The van der Waals surface area contributed by atoms with Crippen LogP contribution in [0, 0.1) is 5.82 Å². The number of rotatable bonds is 6. The van der Waals surface area contributed by atoms with Crippen LogP contribution in [0.25, 0.3) is 10.9 Å². The number of amides is 1. The molecule has 1 amide bonds. The molecule has 136 valence electrons. The van der Waals surface area contributed by atoms with Crippen LogP contribution in [-0.2, 0) is 16.0 Å². The summed E-state index contributed by atoms with van der Waals surface area (Å²) in [6.07, 6.45) is 1.36. The third-order valence-electron chi connectivity index (χ3n) is 4.55. The number of nitrogens with zero attached hydrogens (tertiary/aromatic N) is 2. The molecule has 0 saturated carbocycles. The molecule has 2 heterocycles. The number of nitrogens with one attached hydrogen (secondary N) is 1. The average molecular weight is 349 g/mol. The Hall–Kier alpha value is -1.96. The zero-order valence-corrected chi connectivity index (χ0v) is 14.4. The van der Waals surface area contributed by atoms with E-state index in [2.05, 4.69) is 9.88 Å². The van der Waals surface area contributed by atoms with E-state index < -0.39 is 6.10 Å². The summed E-state index contributed by atoms with van der Waals surface area (Å²) in [5, 5.41) is 11.1. The van der Waals surface area contributed by atoms with Crippen LogP contribution in [0.1, 0.15) is 5.56 Å². The maximum Gasteiger partial charge on any atom is 0.226 e. The lowest BCUT2D eigenvalue weighted by atomic mass is 10.1. The average Bonchev–Trinajstić information content (AvgIpc) is 2.97. The lowest BCUT2D eigenvalue weighted by Gasteiger charge is -2.30. The van der Waals surface area contributed by atoms with Gasteiger partial charge in [0, 0.05) is 50.3 Å². The van der Waals surface area contributed by atoms with Gasteiger partial charge in [-0.1, -0.05) is 0 Å². The van der Waals surface area contributed by atoms with Crippen LogP contribution in [-0.4, -0.2) is 78.3 Å². The molecule has 25 heavy (non-hydrogen) atoms. The van der Waals surface area contributed by atoms with Crippen molar-refractivity contribution in [3.8, 4) is 0 Å². The molecule has 1 fully saturated rings. The Morgan fingerprint density at radius 1 is 1.44 bits per heavy atom. The summed E-state index contributed by atoms with van der Waals surface area (Å²) in [5.74, 6) is -0.387. The Labute approximate surface area is 146 Å². The first-order valence-corrected chi connectivity index (χ1v) is 8.50. The van der Waals surface area contributed by atoms with Crippen molar-refractivity contribution in [3.05, 3.63) is 35.8 Å². The minimum absolute atomic E-state index is 0.0775. The summed E-state index contributed by atoms with van der Waals surface area (Å²) in [7, 11) is 1.69. The van der Waals surface area contributed by atoms with Crippen molar-refractivity contribution in [2.45, 2.75) is 12.5 Å². The van der Waals surface area contributed by atoms with E-state index in [1.54, 1.807) is 24.2 Å². The Kier molecular flexibility index (Phi) is 5.67. The predicted molar refractivity (Wildman–Crippen MR) is 92.9 cm³/mol. The Balaban J connectivity index is 1.54. The number of likely N-dealkylation sites (N-methyl/N-ethyl adjacent to an activating group) is 1. The second-order valence-electron chi connectivity index (χ2n) is 6.52. The first kappa shape index (κ1) is 17.8. The highest BCUT2D eigenvalue weighted by atomic mass is 19.1. The van der Waals surface area contributed by atoms with Crippen molar-refractivity contribution in [2.24, 2.45) is 0 Å². The van der Waals surface area contributed by atoms with Crippen molar-refractivity contribution >= 4 is 16.8 Å². The van der Waals surface area contributed by atoms with Gasteiger partial charge in [-0.15, -0.1) is 0 Å². The first-order chi connectivity index (χ1) is 12.0. The van der Waals surface area contributed by atoms with E-state index in [1.165, 1.54) is 12.1 Å². The molecule has 2 aromatic rings. The molecule has 2 N–H and O–H groups in total. The molecule has 0 spiro atoms. The fourth-order valence-corrected chi connectivity index (χ4v) is 3.16. The summed E-state index contributed by atoms with van der Waals surface area (Å²) in [6, 6.07) is 4.48. The molecule has 0 aliphatic carbocycles. The molecule has 3 rings (SSSR count). The molecule has 0 radical (unpaired) electrons. The third kappa shape index (κ3) is 4.56. The Morgan fingerprint density at radius 2 is 2.20 bits per heavy atom. The molecule has 1 saturated heterocycles. The number of aromatic nitrogens is 1. The molecule has 6 nitrogen and oxygen atoms in total. The van der Waals surface area contributed by atoms with Crippen LogP contribution in [0.15, 0.2) is 24.4 Å². The number of aliphatic hydroxyl groups is 1. The Morgan fingerprint density at radius 3 is 2.96 bits per heavy atom. The summed E-state index contributed by atoms with van der Waals surface area (Å²) >= 11 is 0. The van der Waals surface area contributed by atoms with Crippen LogP contribution < -0.4 is 0 Å². The van der Waals surface area contributed by atoms with Crippen LogP contribution in [0.4, 0.5) is 4.39 Å². The van der Waals surface area contributed by atoms with Gasteiger partial charge in [-0.05, 0) is 23.8 Å². The largest absolute Gasteiger partial charge is 0.390 e. The van der Waals surface area contributed by atoms with Crippen LogP contribution in [0.5, 0.6) is 0 Å². The number of carbonyl (C=O) groups excluding carboxylic acids is 1. The topological polar surface area (TPSA) is 68.8 Å². The van der Waals surface area contributed by atoms with Crippen molar-refractivity contribution in [1.82, 2.24) is 14.8 Å². The van der Waals surface area contributed by atoms with E-state index in [0.29, 0.717) is 25.3 Å². The number of H-pyrrole nitrogens is 1. The monoisotopic (exact) mass is 349 g/mol. The molecular weight excluding hydrogens is 325 g/mol. The first-order valence-electron chi connectivity index (χ1n) is 8.50. The molecule has 1 aromatic carbocycles. The highest BCUT2D eigenvalue weighted by Crippen LogP contribution is 2.20. The number of hydrogen-bond acceptors (Lipinski definition) is 4. The molecule has 1 aliphatic heterocycles. The summed E-state index contributed by atoms with van der Waals surface area (Å²) in [6.45, 7) is 3.80. The molecular formula is C18H24FN3O3. The number of ether oxygens (including phenoxy) is 1. The van der Waals surface area contributed by atoms with Gasteiger partial charge < -0.3 is 19.7 Å². The Bertz CT molecular complexity index is 727. The van der Waals surface area contributed by atoms with Crippen molar-refractivity contribution in [2.75, 3.05) is 46.4 Å². The van der Waals surface area contributed by atoms with E-state index in [-0.39, 0.29) is 24.7 Å². The quantitative estimate of drug-likeness (QED) is 0.816. The number of hydrogen-bond donors (Lipinski definition) is 2. The van der Waals surface area contributed by atoms with E-state index in [4.69, 9.17) is 4.74 Å². The number of aromatic amines is 1. The number of morpholine rings is 1. The zero-order valence-electron chi connectivity index (χ0n) is 14.4. The van der Waals surface area contributed by atoms with E-state index in [0.717, 1.165) is 24.0 Å². The number of fused-ring (bicyclic) bond motifs is 1. The van der Waals surface area contributed by atoms with E-state index in [1.807, 2.05) is 0 Å². The lowest BCUT2D eigenvalue weighted by molar-refractivity contribution is -0.130. The second-order valence-corrected chi connectivity index (χ2v) is 6.52. The fourth-order valence-electron chi connectivity index (χ4n) is 3.16. The maximum atomic E-state index is 13.2. The minimum Gasteiger partial charge on any atom is -0.390 e. The standard InChI is InChI=1S/C18H24FN3O3/c1-21(11-15(23)12-22-4-6-25-7-5-22)18(24)8-13-10-20-17-9-14(19)2-3-16(13)17/h2-3,9-10,15,20,23H,4-8,11-12H2,1H3. The van der Waals surface area contributed by atoms with Gasteiger partial charge in [-0.2, -0.15) is 0 Å². The molecule has 1 atom stereocenters. The summed E-state index contributed by atoms with van der Waals surface area (Å²) in [5.41, 5.74) is 1.51. The number of β-amino-alcohol motifs (C(OH)–C–C–N with tert-alkyl or cyclic N) is 1. The normalized spacial score (nSPS) is 16.9. The molecule has 1 aromatic heterocycles. The smallest absolute Gasteiger partial charge is 0.226 e. The van der Waals surface area contributed by atoms with E-state index >= 15 is 0 Å². The molecule has 1 aliphatic rings. The van der Waals surface area contributed by atoms with Gasteiger partial charge in [-0.3, -0.25) is 9.69 Å². The second kappa shape index (κ2) is 7.95. The number of carbonyl (C=O) groups is 1. The fraction of sp³-hybridized carbons (Fsp3) is 0.500. The van der Waals surface area contributed by atoms with Crippen molar-refractivity contribution in [3.63, 3.8) is 0 Å². The van der Waals surface area contributed by atoms with Gasteiger partial charge in [-0.25, -0.2) is 4.39 Å². The number of aliphatic hydroxyl groups excluding tert-OH is 1. The van der Waals surface area contributed by atoms with Crippen LogP contribution in [0.2, 0.25) is 0 Å². The highest BCUT2D eigenvalue weighted by molar-refractivity contribution is 5.88. The van der Waals surface area contributed by atoms with Gasteiger partial charge in [0.05, 0.1) is 25.7 Å². The SMILES string of the molecule is CN(CC(O)CN1CCOCC1)C(=O)Cc1c[nH]c2cc(F)ccc12. The lowest BCUT2D eigenvalue weighted by Crippen LogP contribution is -2.45. The maximum absolute atomic E-state index is 13.2. The van der Waals surface area contributed by atoms with Gasteiger partial charge in [0.15, 0.2) is 0 Å². The van der Waals surface area contributed by atoms with E-state index in [9.17, 15) is 14.3 Å². The third-order valence-corrected chi connectivity index (χ3v) is 4.55. The van der Waals surface area contributed by atoms with Gasteiger partial charge in [0.2, 0.25) is 5.91 Å². The van der Waals surface area contributed by atoms with Crippen LogP contribution >= 0.6 is 0 Å². The zero-order chi connectivity index (χ0) is 17.8. The number of halogens is 1. The highest BCUT2D eigenvalue weighted by Gasteiger charge is 2.19. The summed E-state index contributed by atoms with van der Waals surface area (Å²) < 4.78 is 18.5. The van der Waals surface area contributed by atoms with Crippen molar-refractivity contribution < 1.29 is 19.0 Å². The van der Waals surface area contributed by atoms with Crippen LogP contribution in [0.3, 0.4) is 0 Å². The predicted octanol–water partition coefficient (Wildman–Crippen LogP) is 1.00. The van der Waals surface area contributed by atoms with Crippen molar-refractivity contribution in [1.29, 1.82) is 0 Å². The van der Waals surface area contributed by atoms with Gasteiger partial charge >= 0.3 is 0 Å². The molecule has 1 unspecified atom stereocenters. The molecule has 0 bridgehead atoms. The van der Waals surface area contributed by atoms with Gasteiger partial charge in [0.25, 0.3) is 0 Å². The number of benzene rings is 1. The summed E-state index contributed by atoms with van der Waals surface area (Å²) in [4.78, 5) is 19.1. The van der Waals surface area contributed by atoms with Gasteiger partial charge in [0.1, 0.15) is 5.82 Å².